The number of carbonyl (C=O) groups excluding carboxylic acids is 2. The van der Waals surface area contributed by atoms with Crippen molar-refractivity contribution in [2.75, 3.05) is 39.1 Å². The molecule has 0 fully saturated rings. The molecule has 18 heteroatoms. The van der Waals surface area contributed by atoms with E-state index in [0.29, 0.717) is 45.6 Å². The van der Waals surface area contributed by atoms with Crippen molar-refractivity contribution in [2.24, 2.45) is 0 Å². The number of aromatic nitrogens is 9. The maximum absolute atomic E-state index is 13.8. The molecule has 0 unspecified atom stereocenters. The Kier molecular flexibility index (Phi) is 13.3. The van der Waals surface area contributed by atoms with Gasteiger partial charge in [-0.1, -0.05) is 71.9 Å². The Morgan fingerprint density at radius 1 is 0.629 bits per heavy atom. The van der Waals surface area contributed by atoms with E-state index in [1.807, 2.05) is 66.7 Å². The number of imidazole rings is 1. The minimum atomic E-state index is -1.61. The third kappa shape index (κ3) is 8.85. The molecule has 6 heterocycles. The van der Waals surface area contributed by atoms with Crippen LogP contribution in [0.2, 0.25) is 0 Å². The van der Waals surface area contributed by atoms with Gasteiger partial charge in [-0.15, -0.1) is 0 Å². The van der Waals surface area contributed by atoms with Crippen LogP contribution in [0.15, 0.2) is 175 Å². The number of nitrogens with zero attached hydrogens (tertiary/aromatic N) is 8. The predicted molar refractivity (Wildman–Crippen MR) is 259 cm³/mol. The molecule has 10 rings (SSSR count). The highest BCUT2D eigenvalue weighted by Gasteiger charge is 2.47. The fourth-order valence-electron chi connectivity index (χ4n) is 8.11. The first kappa shape index (κ1) is 45.9. The summed E-state index contributed by atoms with van der Waals surface area (Å²) in [6.45, 7) is 0. The largest absolute Gasteiger partial charge is 0.497 e. The van der Waals surface area contributed by atoms with Gasteiger partial charge in [0.1, 0.15) is 29.3 Å². The number of fused-ring (bicyclic) bond motifs is 2. The Morgan fingerprint density at radius 2 is 1.26 bits per heavy atom. The lowest BCUT2D eigenvalue weighted by molar-refractivity contribution is -0.135. The summed E-state index contributed by atoms with van der Waals surface area (Å²) in [6.07, 6.45) is 11.2. The van der Waals surface area contributed by atoms with Gasteiger partial charge in [-0.3, -0.25) is 14.6 Å². The van der Waals surface area contributed by atoms with Crippen LogP contribution in [0.4, 0.5) is 11.5 Å². The van der Waals surface area contributed by atoms with E-state index in [4.69, 9.17) is 23.5 Å². The van der Waals surface area contributed by atoms with Gasteiger partial charge in [0.25, 0.3) is 11.8 Å². The molecule has 0 aliphatic carbocycles. The molecule has 0 saturated carbocycles. The Labute approximate surface area is 400 Å². The molecule has 4 aromatic carbocycles. The van der Waals surface area contributed by atoms with E-state index in [2.05, 4.69) is 56.1 Å². The van der Waals surface area contributed by atoms with Crippen LogP contribution in [0.25, 0.3) is 44.2 Å². The minimum Gasteiger partial charge on any atom is -0.497 e. The quantitative estimate of drug-likeness (QED) is 0.0934. The Morgan fingerprint density at radius 3 is 1.89 bits per heavy atom. The first-order valence-corrected chi connectivity index (χ1v) is 21.6. The Hall–Kier alpha value is -9.26. The second-order valence-electron chi connectivity index (χ2n) is 15.4. The van der Waals surface area contributed by atoms with E-state index in [1.54, 1.807) is 112 Å². The third-order valence-electron chi connectivity index (χ3n) is 11.5. The van der Waals surface area contributed by atoms with Crippen LogP contribution in [-0.2, 0) is 30.3 Å². The predicted octanol–water partition coefficient (Wildman–Crippen LogP) is 8.17. The van der Waals surface area contributed by atoms with E-state index in [1.165, 1.54) is 20.5 Å². The lowest BCUT2D eigenvalue weighted by Gasteiger charge is -2.30. The molecule has 70 heavy (non-hydrogen) atoms. The van der Waals surface area contributed by atoms with Crippen LogP contribution >= 0.6 is 0 Å². The fraction of sp³-hybridized carbons (Fsp3) is 0.115. The van der Waals surface area contributed by atoms with Crippen molar-refractivity contribution in [2.45, 2.75) is 11.2 Å². The van der Waals surface area contributed by atoms with Crippen molar-refractivity contribution in [1.82, 2.24) is 45.5 Å². The molecular formula is C52H43N11O7. The smallest absolute Gasteiger partial charge is 0.269 e. The topological polar surface area (TPSA) is 227 Å². The number of H-pyrrole nitrogens is 1. The van der Waals surface area contributed by atoms with Gasteiger partial charge in [0.15, 0.2) is 5.82 Å². The Balaban J connectivity index is 0.000000174. The molecule has 18 nitrogen and oxygen atoms in total. The summed E-state index contributed by atoms with van der Waals surface area (Å²) in [7, 11) is 6.02. The van der Waals surface area contributed by atoms with Gasteiger partial charge in [-0.05, 0) is 54.6 Å². The van der Waals surface area contributed by atoms with Gasteiger partial charge in [0, 0.05) is 77.5 Å². The van der Waals surface area contributed by atoms with Crippen molar-refractivity contribution < 1.29 is 33.1 Å². The van der Waals surface area contributed by atoms with E-state index < -0.39 is 23.0 Å². The second-order valence-corrected chi connectivity index (χ2v) is 15.4. The standard InChI is InChI=1S/C26H22N6O3.C26H21N5O4/c1-34-20-7-5-6-18(13-20)26(35-2,24-28-10-11-29-24)25(33)31-19-12-17(14-27-15-19)22-16-30-32-23-9-4-3-8-21(22)23;1-33-18-8-5-7-17(15-18)26(34-2,23-13-14-35-31-23)25(32)29-24-12-6-11-21(28-24)20-16-27-30-22-10-4-3-9-19(20)22/h3-16H,1-2H3,(H,28,29)(H,31,33);3-16H,1-2H3,(H,28,29,32)/t2*26-/m00/s1. The number of hydrogen-bond acceptors (Lipinski definition) is 15. The SMILES string of the molecule is COc1cccc([C@@](OC)(C(=O)Nc2cccc(-c3cnnc4ccccc34)n2)c2ccon2)c1.COc1cccc([C@@](OC)(C(=O)Nc2cncc(-c3cnnc4ccccc34)c2)c2ncc[nH]2)c1. The highest BCUT2D eigenvalue weighted by Crippen LogP contribution is 2.37. The molecule has 0 spiro atoms. The number of carbonyl (C=O) groups is 2. The number of benzene rings is 4. The average Bonchev–Trinajstić information content (AvgIpc) is 4.17. The maximum Gasteiger partial charge on any atom is 0.269 e. The van der Waals surface area contributed by atoms with Crippen LogP contribution < -0.4 is 20.1 Å². The number of hydrogen-bond donors (Lipinski definition) is 3. The van der Waals surface area contributed by atoms with Crippen molar-refractivity contribution in [3.05, 3.63) is 193 Å². The van der Waals surface area contributed by atoms with Gasteiger partial charge >= 0.3 is 0 Å². The van der Waals surface area contributed by atoms with Crippen LogP contribution in [0, 0.1) is 0 Å². The number of anilines is 2. The zero-order valence-electron chi connectivity index (χ0n) is 38.1. The van der Waals surface area contributed by atoms with Crippen molar-refractivity contribution >= 4 is 45.1 Å². The van der Waals surface area contributed by atoms with Crippen LogP contribution in [0.5, 0.6) is 11.5 Å². The monoisotopic (exact) mass is 933 g/mol. The molecule has 6 aromatic heterocycles. The number of amides is 2. The molecule has 0 bridgehead atoms. The maximum atomic E-state index is 13.8. The summed E-state index contributed by atoms with van der Waals surface area (Å²) in [5, 5.41) is 28.2. The number of aromatic amines is 1. The second kappa shape index (κ2) is 20.3. The van der Waals surface area contributed by atoms with Gasteiger partial charge in [-0.2, -0.15) is 20.4 Å². The zero-order chi connectivity index (χ0) is 48.5. The fourth-order valence-corrected chi connectivity index (χ4v) is 8.11. The van der Waals surface area contributed by atoms with E-state index >= 15 is 0 Å². The summed E-state index contributed by atoms with van der Waals surface area (Å²) in [5.74, 6) is 0.881. The van der Waals surface area contributed by atoms with Gasteiger partial charge in [0.2, 0.25) is 11.2 Å². The number of methoxy groups -OCH3 is 4. The lowest BCUT2D eigenvalue weighted by Crippen LogP contribution is -2.44. The summed E-state index contributed by atoms with van der Waals surface area (Å²) >= 11 is 0. The molecule has 2 amide bonds. The molecule has 2 atom stereocenters. The van der Waals surface area contributed by atoms with E-state index in [0.717, 1.165) is 38.5 Å². The molecule has 348 valence electrons. The van der Waals surface area contributed by atoms with Crippen molar-refractivity contribution in [3.8, 4) is 33.9 Å². The molecule has 0 aliphatic heterocycles. The van der Waals surface area contributed by atoms with E-state index in [-0.39, 0.29) is 5.69 Å². The molecule has 3 N–H and O–H groups in total. The van der Waals surface area contributed by atoms with Crippen LogP contribution in [0.3, 0.4) is 0 Å². The first-order chi connectivity index (χ1) is 34.3. The average molecular weight is 934 g/mol. The normalized spacial score (nSPS) is 12.7. The van der Waals surface area contributed by atoms with Gasteiger partial charge in [0.05, 0.1) is 55.2 Å². The van der Waals surface area contributed by atoms with Gasteiger partial charge < -0.3 is 39.1 Å². The molecule has 0 saturated heterocycles. The molecule has 10 aromatic rings. The van der Waals surface area contributed by atoms with Gasteiger partial charge in [-0.25, -0.2) is 9.97 Å². The lowest BCUT2D eigenvalue weighted by atomic mass is 9.88. The highest BCUT2D eigenvalue weighted by atomic mass is 16.5. The van der Waals surface area contributed by atoms with Crippen LogP contribution in [-0.4, -0.2) is 85.7 Å². The van der Waals surface area contributed by atoms with Crippen LogP contribution in [0.1, 0.15) is 22.6 Å². The minimum absolute atomic E-state index is 0.284. The molecule has 0 radical (unpaired) electrons. The van der Waals surface area contributed by atoms with E-state index in [9.17, 15) is 9.59 Å². The summed E-state index contributed by atoms with van der Waals surface area (Å²) in [5.41, 5.74) is 3.30. The number of nitrogens with one attached hydrogen (secondary N) is 3. The first-order valence-electron chi connectivity index (χ1n) is 21.6. The third-order valence-corrected chi connectivity index (χ3v) is 11.5. The van der Waals surface area contributed by atoms with Crippen molar-refractivity contribution in [1.29, 1.82) is 0 Å². The number of ether oxygens (including phenoxy) is 4. The zero-order valence-corrected chi connectivity index (χ0v) is 38.1. The Bertz CT molecular complexity index is 3190. The van der Waals surface area contributed by atoms with Crippen molar-refractivity contribution in [3.63, 3.8) is 0 Å². The summed E-state index contributed by atoms with van der Waals surface area (Å²) in [6, 6.07) is 38.3. The summed E-state index contributed by atoms with van der Waals surface area (Å²) in [4.78, 5) is 44.0. The summed E-state index contributed by atoms with van der Waals surface area (Å²) < 4.78 is 27.5. The number of pyridine rings is 2. The molecular weight excluding hydrogens is 891 g/mol. The molecule has 0 aliphatic rings. The number of rotatable bonds is 14. The highest BCUT2D eigenvalue weighted by molar-refractivity contribution is 6.02.